The first-order valence-electron chi connectivity index (χ1n) is 8.47. The number of aromatic nitrogens is 3. The summed E-state index contributed by atoms with van der Waals surface area (Å²) in [6, 6.07) is 7.47. The summed E-state index contributed by atoms with van der Waals surface area (Å²) in [6.45, 7) is 0.662. The predicted octanol–water partition coefficient (Wildman–Crippen LogP) is 3.69. The Labute approximate surface area is 155 Å². The monoisotopic (exact) mass is 368 g/mol. The summed E-state index contributed by atoms with van der Waals surface area (Å²) in [6.07, 6.45) is 8.66. The molecule has 3 aromatic rings. The van der Waals surface area contributed by atoms with Gasteiger partial charge in [-0.15, -0.1) is 0 Å². The Morgan fingerprint density at radius 2 is 2.04 bits per heavy atom. The van der Waals surface area contributed by atoms with Gasteiger partial charge in [0.1, 0.15) is 17.5 Å². The molecule has 0 radical (unpaired) electrons. The van der Waals surface area contributed by atoms with E-state index in [4.69, 9.17) is 16.0 Å². The third-order valence-electron chi connectivity index (χ3n) is 4.44. The fraction of sp³-hybridized carbons (Fsp3) is 0.263. The summed E-state index contributed by atoms with van der Waals surface area (Å²) in [5.74, 6) is 1.20. The van der Waals surface area contributed by atoms with E-state index in [1.54, 1.807) is 17.3 Å². The lowest BCUT2D eigenvalue weighted by Crippen LogP contribution is -2.31. The topological polar surface area (TPSA) is 72.1 Å². The fourth-order valence-electron chi connectivity index (χ4n) is 3.19. The van der Waals surface area contributed by atoms with Crippen LogP contribution in [0.25, 0.3) is 0 Å². The molecule has 1 saturated heterocycles. The second-order valence-electron chi connectivity index (χ2n) is 6.22. The summed E-state index contributed by atoms with van der Waals surface area (Å²) in [7, 11) is 0. The van der Waals surface area contributed by atoms with E-state index < -0.39 is 0 Å². The van der Waals surface area contributed by atoms with Crippen molar-refractivity contribution < 1.29 is 9.21 Å². The van der Waals surface area contributed by atoms with Crippen LogP contribution >= 0.6 is 11.6 Å². The molecule has 0 bridgehead atoms. The number of halogens is 1. The van der Waals surface area contributed by atoms with E-state index in [2.05, 4.69) is 15.0 Å². The quantitative estimate of drug-likeness (QED) is 0.702. The van der Waals surface area contributed by atoms with Crippen LogP contribution in [-0.4, -0.2) is 32.3 Å². The molecule has 7 heteroatoms. The molecule has 3 heterocycles. The second-order valence-corrected chi connectivity index (χ2v) is 6.65. The van der Waals surface area contributed by atoms with Gasteiger partial charge in [-0.25, -0.2) is 9.97 Å². The van der Waals surface area contributed by atoms with Crippen molar-refractivity contribution in [1.29, 1.82) is 0 Å². The highest BCUT2D eigenvalue weighted by molar-refractivity contribution is 6.30. The maximum Gasteiger partial charge on any atom is 0.274 e. The van der Waals surface area contributed by atoms with Gasteiger partial charge in [0, 0.05) is 30.4 Å². The Bertz CT molecular complexity index is 895. The summed E-state index contributed by atoms with van der Waals surface area (Å²) < 4.78 is 5.94. The SMILES string of the molecule is O=C(c1cnccn1)N1CCC[C@H]1c1ncc(Cc2ccc(Cl)cc2)o1. The number of hydrogen-bond donors (Lipinski definition) is 0. The van der Waals surface area contributed by atoms with Gasteiger partial charge in [0.25, 0.3) is 5.91 Å². The first-order chi connectivity index (χ1) is 12.7. The van der Waals surface area contributed by atoms with Crippen LogP contribution in [0.3, 0.4) is 0 Å². The van der Waals surface area contributed by atoms with E-state index in [9.17, 15) is 4.79 Å². The number of carbonyl (C=O) groups is 1. The minimum Gasteiger partial charge on any atom is -0.443 e. The largest absolute Gasteiger partial charge is 0.443 e. The highest BCUT2D eigenvalue weighted by Crippen LogP contribution is 2.32. The zero-order valence-electron chi connectivity index (χ0n) is 14.0. The maximum atomic E-state index is 12.7. The number of amides is 1. The van der Waals surface area contributed by atoms with Crippen molar-refractivity contribution in [2.45, 2.75) is 25.3 Å². The zero-order chi connectivity index (χ0) is 17.9. The molecule has 0 saturated carbocycles. The van der Waals surface area contributed by atoms with Crippen LogP contribution in [0.15, 0.2) is 53.5 Å². The Morgan fingerprint density at radius 1 is 1.19 bits per heavy atom. The summed E-state index contributed by atoms with van der Waals surface area (Å²) in [5.41, 5.74) is 1.43. The molecule has 1 fully saturated rings. The van der Waals surface area contributed by atoms with Crippen LogP contribution in [0.5, 0.6) is 0 Å². The summed E-state index contributed by atoms with van der Waals surface area (Å²) >= 11 is 5.92. The van der Waals surface area contributed by atoms with E-state index in [1.807, 2.05) is 24.3 Å². The van der Waals surface area contributed by atoms with Gasteiger partial charge in [0.15, 0.2) is 0 Å². The van der Waals surface area contributed by atoms with Gasteiger partial charge in [0.2, 0.25) is 5.89 Å². The molecule has 0 unspecified atom stereocenters. The lowest BCUT2D eigenvalue weighted by atomic mass is 10.1. The Morgan fingerprint density at radius 3 is 2.81 bits per heavy atom. The lowest BCUT2D eigenvalue weighted by Gasteiger charge is -2.21. The number of likely N-dealkylation sites (tertiary alicyclic amines) is 1. The molecule has 1 atom stereocenters. The van der Waals surface area contributed by atoms with E-state index in [-0.39, 0.29) is 11.9 Å². The van der Waals surface area contributed by atoms with Crippen molar-refractivity contribution >= 4 is 17.5 Å². The Hall–Kier alpha value is -2.73. The number of rotatable bonds is 4. The van der Waals surface area contributed by atoms with Gasteiger partial charge < -0.3 is 9.32 Å². The van der Waals surface area contributed by atoms with E-state index in [1.165, 1.54) is 12.4 Å². The van der Waals surface area contributed by atoms with Crippen LogP contribution in [-0.2, 0) is 6.42 Å². The molecule has 1 aliphatic rings. The molecule has 1 aromatic carbocycles. The highest BCUT2D eigenvalue weighted by atomic mass is 35.5. The standard InChI is InChI=1S/C19H17ClN4O2/c20-14-5-3-13(4-6-14)10-15-11-23-18(26-15)17-2-1-9-24(17)19(25)16-12-21-7-8-22-16/h3-8,11-12,17H,1-2,9-10H2/t17-/m0/s1. The molecule has 1 aliphatic heterocycles. The average molecular weight is 369 g/mol. The molecule has 4 rings (SSSR count). The van der Waals surface area contributed by atoms with E-state index >= 15 is 0 Å². The Kier molecular flexibility index (Phi) is 4.67. The molecule has 2 aromatic heterocycles. The van der Waals surface area contributed by atoms with Crippen molar-refractivity contribution in [3.63, 3.8) is 0 Å². The third kappa shape index (κ3) is 3.46. The maximum absolute atomic E-state index is 12.7. The van der Waals surface area contributed by atoms with Gasteiger partial charge in [0.05, 0.1) is 12.4 Å². The van der Waals surface area contributed by atoms with Gasteiger partial charge in [-0.3, -0.25) is 9.78 Å². The van der Waals surface area contributed by atoms with Gasteiger partial charge in [-0.05, 0) is 30.5 Å². The van der Waals surface area contributed by atoms with Crippen LogP contribution < -0.4 is 0 Å². The molecular weight excluding hydrogens is 352 g/mol. The molecule has 132 valence electrons. The van der Waals surface area contributed by atoms with Crippen molar-refractivity contribution in [2.24, 2.45) is 0 Å². The second kappa shape index (κ2) is 7.25. The molecule has 0 N–H and O–H groups in total. The number of carbonyl (C=O) groups excluding carboxylic acids is 1. The Balaban J connectivity index is 1.51. The highest BCUT2D eigenvalue weighted by Gasteiger charge is 2.34. The number of benzene rings is 1. The van der Waals surface area contributed by atoms with Crippen LogP contribution in [0, 0.1) is 0 Å². The first kappa shape index (κ1) is 16.7. The molecular formula is C19H17ClN4O2. The van der Waals surface area contributed by atoms with Crippen molar-refractivity contribution in [3.05, 3.63) is 77.0 Å². The zero-order valence-corrected chi connectivity index (χ0v) is 14.8. The number of oxazole rings is 1. The molecule has 0 aliphatic carbocycles. The molecule has 6 nitrogen and oxygen atoms in total. The van der Waals surface area contributed by atoms with Gasteiger partial charge >= 0.3 is 0 Å². The minimum absolute atomic E-state index is 0.141. The number of hydrogen-bond acceptors (Lipinski definition) is 5. The molecule has 0 spiro atoms. The smallest absolute Gasteiger partial charge is 0.274 e. The van der Waals surface area contributed by atoms with Crippen molar-refractivity contribution in [2.75, 3.05) is 6.54 Å². The molecule has 26 heavy (non-hydrogen) atoms. The molecule has 1 amide bonds. The predicted molar refractivity (Wildman–Crippen MR) is 95.8 cm³/mol. The fourth-order valence-corrected chi connectivity index (χ4v) is 3.31. The van der Waals surface area contributed by atoms with Crippen LogP contribution in [0.1, 0.15) is 46.6 Å². The van der Waals surface area contributed by atoms with Crippen LogP contribution in [0.4, 0.5) is 0 Å². The van der Waals surface area contributed by atoms with Crippen molar-refractivity contribution in [1.82, 2.24) is 19.9 Å². The van der Waals surface area contributed by atoms with E-state index in [0.29, 0.717) is 29.6 Å². The normalized spacial score (nSPS) is 16.8. The van der Waals surface area contributed by atoms with E-state index in [0.717, 1.165) is 24.2 Å². The van der Waals surface area contributed by atoms with Crippen molar-refractivity contribution in [3.8, 4) is 0 Å². The van der Waals surface area contributed by atoms with Gasteiger partial charge in [-0.2, -0.15) is 0 Å². The minimum atomic E-state index is -0.163. The lowest BCUT2D eigenvalue weighted by molar-refractivity contribution is 0.0708. The first-order valence-corrected chi connectivity index (χ1v) is 8.84. The number of nitrogens with zero attached hydrogens (tertiary/aromatic N) is 4. The average Bonchev–Trinajstić information content (AvgIpc) is 3.33. The third-order valence-corrected chi connectivity index (χ3v) is 4.70. The van der Waals surface area contributed by atoms with Crippen LogP contribution in [0.2, 0.25) is 5.02 Å². The summed E-state index contributed by atoms with van der Waals surface area (Å²) in [5, 5.41) is 0.705. The van der Waals surface area contributed by atoms with Gasteiger partial charge in [-0.1, -0.05) is 23.7 Å². The summed E-state index contributed by atoms with van der Waals surface area (Å²) in [4.78, 5) is 27.0.